The minimum atomic E-state index is -0.161. The lowest BCUT2D eigenvalue weighted by molar-refractivity contribution is 0.0919. The van der Waals surface area contributed by atoms with Crippen LogP contribution in [0.3, 0.4) is 0 Å². The van der Waals surface area contributed by atoms with Crippen molar-refractivity contribution in [1.82, 2.24) is 20.2 Å². The van der Waals surface area contributed by atoms with Crippen LogP contribution in [-0.2, 0) is 6.54 Å². The third-order valence-corrected chi connectivity index (χ3v) is 7.50. The fraction of sp³-hybridized carbons (Fsp3) is 0.650. The van der Waals surface area contributed by atoms with Crippen molar-refractivity contribution < 1.29 is 4.79 Å². The van der Waals surface area contributed by atoms with E-state index in [1.165, 1.54) is 37.0 Å². The molecule has 4 atom stereocenters. The summed E-state index contributed by atoms with van der Waals surface area (Å²) in [6, 6.07) is 0.174. The van der Waals surface area contributed by atoms with Crippen molar-refractivity contribution in [2.75, 3.05) is 14.1 Å². The first-order valence-corrected chi connectivity index (χ1v) is 10.6. The molecule has 0 radical (unpaired) electrons. The highest BCUT2D eigenvalue weighted by molar-refractivity contribution is 7.20. The summed E-state index contributed by atoms with van der Waals surface area (Å²) >= 11 is 1.33. The number of H-pyrrole nitrogens is 1. The average molecular weight is 389 g/mol. The highest BCUT2D eigenvalue weighted by atomic mass is 32.1. The minimum Gasteiger partial charge on any atom is -0.349 e. The third kappa shape index (κ3) is 3.43. The SMILES string of the molecule is Cc1c(C(=O)NC(C)C2CC3CCC2C3)sc2nc(CN(C)C)[nH]c(=O)c12. The van der Waals surface area contributed by atoms with E-state index in [-0.39, 0.29) is 17.5 Å². The van der Waals surface area contributed by atoms with Crippen molar-refractivity contribution in [3.63, 3.8) is 0 Å². The zero-order chi connectivity index (χ0) is 19.3. The molecule has 2 fully saturated rings. The number of nitrogens with one attached hydrogen (secondary N) is 2. The van der Waals surface area contributed by atoms with Crippen LogP contribution in [0.5, 0.6) is 0 Å². The van der Waals surface area contributed by atoms with E-state index in [4.69, 9.17) is 0 Å². The topological polar surface area (TPSA) is 78.1 Å². The van der Waals surface area contributed by atoms with Crippen molar-refractivity contribution in [1.29, 1.82) is 0 Å². The molecule has 27 heavy (non-hydrogen) atoms. The standard InChI is InChI=1S/C20H28N4O2S/c1-10-16-18(25)22-15(9-24(3)4)23-20(16)27-17(10)19(26)21-11(2)14-8-12-5-6-13(14)7-12/h11-14H,5-9H2,1-4H3,(H,21,26)(H,22,23,25). The van der Waals surface area contributed by atoms with Crippen LogP contribution in [0.25, 0.3) is 10.2 Å². The summed E-state index contributed by atoms with van der Waals surface area (Å²) in [5.74, 6) is 2.78. The van der Waals surface area contributed by atoms with Crippen LogP contribution in [0.4, 0.5) is 0 Å². The number of aryl methyl sites for hydroxylation is 1. The molecule has 2 aliphatic carbocycles. The number of amides is 1. The molecule has 6 nitrogen and oxygen atoms in total. The zero-order valence-electron chi connectivity index (χ0n) is 16.5. The lowest BCUT2D eigenvalue weighted by atomic mass is 9.84. The van der Waals surface area contributed by atoms with Gasteiger partial charge in [-0.1, -0.05) is 6.42 Å². The highest BCUT2D eigenvalue weighted by Crippen LogP contribution is 2.49. The van der Waals surface area contributed by atoms with Gasteiger partial charge in [-0.3, -0.25) is 9.59 Å². The number of nitrogens with zero attached hydrogens (tertiary/aromatic N) is 2. The summed E-state index contributed by atoms with van der Waals surface area (Å²) in [5, 5.41) is 3.76. The number of carbonyl (C=O) groups excluding carboxylic acids is 1. The van der Waals surface area contributed by atoms with Crippen LogP contribution < -0.4 is 10.9 Å². The smallest absolute Gasteiger partial charge is 0.261 e. The maximum Gasteiger partial charge on any atom is 0.261 e. The van der Waals surface area contributed by atoms with Gasteiger partial charge in [-0.05, 0) is 70.5 Å². The third-order valence-electron chi connectivity index (χ3n) is 6.32. The Morgan fingerprint density at radius 3 is 2.78 bits per heavy atom. The summed E-state index contributed by atoms with van der Waals surface area (Å²) in [4.78, 5) is 36.1. The van der Waals surface area contributed by atoms with E-state index in [0.29, 0.717) is 33.4 Å². The normalized spacial score (nSPS) is 25.4. The quantitative estimate of drug-likeness (QED) is 0.826. The molecule has 0 aliphatic heterocycles. The summed E-state index contributed by atoms with van der Waals surface area (Å²) < 4.78 is 0. The molecule has 0 saturated heterocycles. The predicted octanol–water partition coefficient (Wildman–Crippen LogP) is 2.91. The van der Waals surface area contributed by atoms with E-state index in [1.807, 2.05) is 25.9 Å². The second-order valence-electron chi connectivity index (χ2n) is 8.59. The molecule has 4 unspecified atom stereocenters. The number of carbonyl (C=O) groups is 1. The fourth-order valence-electron chi connectivity index (χ4n) is 5.07. The van der Waals surface area contributed by atoms with E-state index in [2.05, 4.69) is 22.2 Å². The van der Waals surface area contributed by atoms with Crippen molar-refractivity contribution in [3.05, 3.63) is 26.6 Å². The average Bonchev–Trinajstić information content (AvgIpc) is 3.28. The number of aromatic nitrogens is 2. The van der Waals surface area contributed by atoms with Crippen LogP contribution in [0.2, 0.25) is 0 Å². The van der Waals surface area contributed by atoms with Crippen molar-refractivity contribution >= 4 is 27.5 Å². The van der Waals surface area contributed by atoms with Gasteiger partial charge in [0.15, 0.2) is 0 Å². The second kappa shape index (κ2) is 7.02. The van der Waals surface area contributed by atoms with Gasteiger partial charge in [0.2, 0.25) is 0 Å². The number of thiophene rings is 1. The molecule has 2 aromatic rings. The Morgan fingerprint density at radius 2 is 2.15 bits per heavy atom. The number of rotatable bonds is 5. The molecular weight excluding hydrogens is 360 g/mol. The Hall–Kier alpha value is -1.73. The second-order valence-corrected chi connectivity index (χ2v) is 9.59. The van der Waals surface area contributed by atoms with E-state index in [9.17, 15) is 9.59 Å². The molecule has 4 rings (SSSR count). The van der Waals surface area contributed by atoms with Gasteiger partial charge in [0.25, 0.3) is 11.5 Å². The highest BCUT2D eigenvalue weighted by Gasteiger charge is 2.42. The number of hydrogen-bond acceptors (Lipinski definition) is 5. The Kier molecular flexibility index (Phi) is 4.84. The van der Waals surface area contributed by atoms with E-state index >= 15 is 0 Å². The fourth-order valence-corrected chi connectivity index (χ4v) is 6.17. The van der Waals surface area contributed by atoms with Gasteiger partial charge in [0.05, 0.1) is 16.8 Å². The van der Waals surface area contributed by atoms with Crippen LogP contribution >= 0.6 is 11.3 Å². The van der Waals surface area contributed by atoms with E-state index < -0.39 is 0 Å². The van der Waals surface area contributed by atoms with Crippen LogP contribution in [0, 0.1) is 24.7 Å². The van der Waals surface area contributed by atoms with Crippen molar-refractivity contribution in [2.24, 2.45) is 17.8 Å². The molecule has 7 heteroatoms. The molecule has 0 aromatic carbocycles. The summed E-state index contributed by atoms with van der Waals surface area (Å²) in [6.07, 6.45) is 5.25. The lowest BCUT2D eigenvalue weighted by Gasteiger charge is -2.28. The van der Waals surface area contributed by atoms with Crippen molar-refractivity contribution in [3.8, 4) is 0 Å². The van der Waals surface area contributed by atoms with Gasteiger partial charge in [0.1, 0.15) is 10.7 Å². The van der Waals surface area contributed by atoms with E-state index in [0.717, 1.165) is 17.4 Å². The number of hydrogen-bond donors (Lipinski definition) is 2. The maximum absolute atomic E-state index is 12.9. The predicted molar refractivity (Wildman–Crippen MR) is 108 cm³/mol. The monoisotopic (exact) mass is 388 g/mol. The Morgan fingerprint density at radius 1 is 1.37 bits per heavy atom. The zero-order valence-corrected chi connectivity index (χ0v) is 17.3. The molecule has 0 spiro atoms. The van der Waals surface area contributed by atoms with Crippen molar-refractivity contribution in [2.45, 2.75) is 52.1 Å². The van der Waals surface area contributed by atoms with E-state index in [1.54, 1.807) is 0 Å². The molecule has 1 amide bonds. The number of aromatic amines is 1. The molecule has 2 saturated carbocycles. The molecule has 146 valence electrons. The summed E-state index contributed by atoms with van der Waals surface area (Å²) in [5.41, 5.74) is 0.573. The number of fused-ring (bicyclic) bond motifs is 3. The van der Waals surface area contributed by atoms with Crippen LogP contribution in [0.15, 0.2) is 4.79 Å². The minimum absolute atomic E-state index is 0.0701. The summed E-state index contributed by atoms with van der Waals surface area (Å²) in [6.45, 7) is 4.54. The van der Waals surface area contributed by atoms with Gasteiger partial charge < -0.3 is 15.2 Å². The van der Waals surface area contributed by atoms with Crippen LogP contribution in [0.1, 0.15) is 53.7 Å². The first-order chi connectivity index (χ1) is 12.8. The molecule has 2 heterocycles. The van der Waals surface area contributed by atoms with Crippen LogP contribution in [-0.4, -0.2) is 40.9 Å². The molecule has 2 N–H and O–H groups in total. The molecule has 2 bridgehead atoms. The lowest BCUT2D eigenvalue weighted by Crippen LogP contribution is -2.40. The van der Waals surface area contributed by atoms with Gasteiger partial charge in [0, 0.05) is 6.04 Å². The van der Waals surface area contributed by atoms with Gasteiger partial charge >= 0.3 is 0 Å². The molecule has 2 aromatic heterocycles. The molecular formula is C20H28N4O2S. The Labute approximate surface area is 163 Å². The van der Waals surface area contributed by atoms with Gasteiger partial charge in [-0.2, -0.15) is 0 Å². The Bertz CT molecular complexity index is 932. The molecule has 2 aliphatic rings. The largest absolute Gasteiger partial charge is 0.349 e. The summed E-state index contributed by atoms with van der Waals surface area (Å²) in [7, 11) is 3.86. The first-order valence-electron chi connectivity index (χ1n) is 9.81. The maximum atomic E-state index is 12.9. The Balaban J connectivity index is 1.57. The first kappa shape index (κ1) is 18.6. The van der Waals surface area contributed by atoms with Gasteiger partial charge in [-0.25, -0.2) is 4.98 Å². The van der Waals surface area contributed by atoms with Gasteiger partial charge in [-0.15, -0.1) is 11.3 Å².